The van der Waals surface area contributed by atoms with Crippen LogP contribution in [0.15, 0.2) is 36.5 Å². The molecule has 3 fully saturated rings. The van der Waals surface area contributed by atoms with Crippen LogP contribution < -0.4 is 16.0 Å². The van der Waals surface area contributed by atoms with E-state index in [1.54, 1.807) is 34.0 Å². The minimum atomic E-state index is -0.961. The van der Waals surface area contributed by atoms with Crippen LogP contribution in [-0.4, -0.2) is 177 Å². The number of hydrogen-bond donors (Lipinski definition) is 5. The maximum atomic E-state index is 13.8. The summed E-state index contributed by atoms with van der Waals surface area (Å²) in [5.41, 5.74) is 1.77. The number of ether oxygens (including phenoxy) is 5. The van der Waals surface area contributed by atoms with Crippen molar-refractivity contribution in [2.24, 2.45) is 5.92 Å². The second kappa shape index (κ2) is 25.8. The number of aliphatic hydroxyl groups is 2. The normalized spacial score (nSPS) is 21.3. The Morgan fingerprint density at radius 3 is 2.16 bits per heavy atom. The summed E-state index contributed by atoms with van der Waals surface area (Å²) in [7, 11) is 2.01. The van der Waals surface area contributed by atoms with E-state index >= 15 is 0 Å². The van der Waals surface area contributed by atoms with Crippen molar-refractivity contribution in [2.45, 2.75) is 95.2 Å². The summed E-state index contributed by atoms with van der Waals surface area (Å²) in [4.78, 5) is 57.9. The molecular formula is C43H67N7O11. The maximum Gasteiger partial charge on any atom is 0.270 e. The van der Waals surface area contributed by atoms with Gasteiger partial charge in [0.2, 0.25) is 17.7 Å². The number of aromatic nitrogens is 2. The predicted octanol–water partition coefficient (Wildman–Crippen LogP) is 0.989. The number of piperazine rings is 1. The second-order valence-electron chi connectivity index (χ2n) is 16.0. The largest absolute Gasteiger partial charge is 0.390 e. The van der Waals surface area contributed by atoms with Gasteiger partial charge in [-0.25, -0.2) is 0 Å². The summed E-state index contributed by atoms with van der Waals surface area (Å²) in [5.74, 6) is -1.20. The number of carbonyl (C=O) groups is 4. The predicted molar refractivity (Wildman–Crippen MR) is 225 cm³/mol. The zero-order valence-electron chi connectivity index (χ0n) is 35.8. The first kappa shape index (κ1) is 48.0. The number of hydrogen-bond acceptors (Lipinski definition) is 13. The molecule has 1 aliphatic carbocycles. The Hall–Kier alpha value is -4.01. The number of anilines is 1. The molecule has 3 heterocycles. The molecule has 1 aromatic carbocycles. The molecule has 4 amide bonds. The number of likely N-dealkylation sites (N-methyl/N-ethyl adjacent to an activating group) is 1. The van der Waals surface area contributed by atoms with Crippen LogP contribution in [0, 0.1) is 5.92 Å². The van der Waals surface area contributed by atoms with E-state index in [-0.39, 0.29) is 56.5 Å². The summed E-state index contributed by atoms with van der Waals surface area (Å²) in [6, 6.07) is 7.34. The average Bonchev–Trinajstić information content (AvgIpc) is 3.59. The van der Waals surface area contributed by atoms with Crippen LogP contribution in [0.25, 0.3) is 0 Å². The van der Waals surface area contributed by atoms with Crippen LogP contribution >= 0.6 is 0 Å². The second-order valence-corrected chi connectivity index (χ2v) is 16.0. The van der Waals surface area contributed by atoms with E-state index in [9.17, 15) is 29.4 Å². The van der Waals surface area contributed by atoms with Gasteiger partial charge < -0.3 is 59.6 Å². The van der Waals surface area contributed by atoms with Crippen LogP contribution in [0.3, 0.4) is 0 Å². The standard InChI is InChI=1S/C43H67N7O11/c1-3-50-35(14-16-44-50)41(54)47-39(32-8-6-4-5-7-9-32)42(55)45-33-12-10-31(11-13-33)28-34(43(56)49-19-17-48(2)18-20-49)46-38(52)30-60-27-25-58-23-22-57-24-26-59-29-37-40(53)36(51)15-21-61-37/h10-14,16,32,34,36-37,39-40,51,53H,3-9,15,17-30H2,1-2H3,(H,45,55)(H,46,52)(H,47,54). The highest BCUT2D eigenvalue weighted by Crippen LogP contribution is 2.27. The highest BCUT2D eigenvalue weighted by atomic mass is 16.6. The van der Waals surface area contributed by atoms with Crippen molar-refractivity contribution in [1.29, 1.82) is 0 Å². The smallest absolute Gasteiger partial charge is 0.270 e. The minimum absolute atomic E-state index is 0.00433. The van der Waals surface area contributed by atoms with Gasteiger partial charge in [-0.15, -0.1) is 0 Å². The van der Waals surface area contributed by atoms with E-state index in [2.05, 4.69) is 25.9 Å². The molecule has 0 bridgehead atoms. The fourth-order valence-corrected chi connectivity index (χ4v) is 7.82. The van der Waals surface area contributed by atoms with Gasteiger partial charge in [0.25, 0.3) is 5.91 Å². The Balaban J connectivity index is 1.06. The van der Waals surface area contributed by atoms with Crippen LogP contribution in [-0.2, 0) is 51.0 Å². The van der Waals surface area contributed by atoms with Crippen molar-refractivity contribution in [3.8, 4) is 0 Å². The number of rotatable bonds is 23. The van der Waals surface area contributed by atoms with Crippen molar-refractivity contribution >= 4 is 29.3 Å². The van der Waals surface area contributed by atoms with Crippen LogP contribution in [0.5, 0.6) is 0 Å². The minimum Gasteiger partial charge on any atom is -0.390 e. The van der Waals surface area contributed by atoms with Gasteiger partial charge in [0.05, 0.1) is 52.4 Å². The molecule has 5 rings (SSSR count). The van der Waals surface area contributed by atoms with Gasteiger partial charge in [-0.3, -0.25) is 23.9 Å². The van der Waals surface area contributed by atoms with E-state index in [0.29, 0.717) is 70.5 Å². The number of amides is 4. The Morgan fingerprint density at radius 2 is 1.49 bits per heavy atom. The number of carbonyl (C=O) groups excluding carboxylic acids is 4. The van der Waals surface area contributed by atoms with Crippen molar-refractivity contribution in [3.05, 3.63) is 47.8 Å². The molecule has 61 heavy (non-hydrogen) atoms. The molecule has 18 heteroatoms. The van der Waals surface area contributed by atoms with Crippen molar-refractivity contribution in [1.82, 2.24) is 30.2 Å². The lowest BCUT2D eigenvalue weighted by molar-refractivity contribution is -0.156. The van der Waals surface area contributed by atoms with E-state index in [0.717, 1.165) is 57.2 Å². The van der Waals surface area contributed by atoms with E-state index < -0.39 is 36.3 Å². The van der Waals surface area contributed by atoms with Crippen LogP contribution in [0.4, 0.5) is 5.69 Å². The lowest BCUT2D eigenvalue weighted by atomic mass is 9.91. The van der Waals surface area contributed by atoms with Gasteiger partial charge in [0.15, 0.2) is 0 Å². The third-order valence-corrected chi connectivity index (χ3v) is 11.5. The highest BCUT2D eigenvalue weighted by Gasteiger charge is 2.33. The number of nitrogens with zero attached hydrogens (tertiary/aromatic N) is 4. The molecule has 3 aliphatic rings. The van der Waals surface area contributed by atoms with Crippen molar-refractivity contribution in [2.75, 3.05) is 98.0 Å². The van der Waals surface area contributed by atoms with E-state index in [1.165, 1.54) is 0 Å². The molecule has 1 aromatic heterocycles. The number of aliphatic hydroxyl groups excluding tert-OH is 2. The fourth-order valence-electron chi connectivity index (χ4n) is 7.82. The number of benzene rings is 1. The summed E-state index contributed by atoms with van der Waals surface area (Å²) in [6.45, 7) is 7.04. The van der Waals surface area contributed by atoms with Crippen molar-refractivity contribution < 1.29 is 53.1 Å². The first-order chi connectivity index (χ1) is 29.6. The monoisotopic (exact) mass is 857 g/mol. The molecule has 2 aliphatic heterocycles. The highest BCUT2D eigenvalue weighted by molar-refractivity contribution is 6.00. The molecule has 0 spiro atoms. The molecule has 1 saturated carbocycles. The Morgan fingerprint density at radius 1 is 0.836 bits per heavy atom. The summed E-state index contributed by atoms with van der Waals surface area (Å²) >= 11 is 0. The van der Waals surface area contributed by atoms with Gasteiger partial charge in [-0.05, 0) is 62.9 Å². The first-order valence-electron chi connectivity index (χ1n) is 21.9. The Bertz CT molecular complexity index is 1630. The molecule has 2 aromatic rings. The van der Waals surface area contributed by atoms with Crippen LogP contribution in [0.2, 0.25) is 0 Å². The zero-order chi connectivity index (χ0) is 43.4. The molecule has 340 valence electrons. The van der Waals surface area contributed by atoms with E-state index in [1.807, 2.05) is 26.1 Å². The van der Waals surface area contributed by atoms with Gasteiger partial charge in [-0.1, -0.05) is 37.8 Å². The lowest BCUT2D eigenvalue weighted by Crippen LogP contribution is -2.55. The van der Waals surface area contributed by atoms with E-state index in [4.69, 9.17) is 23.7 Å². The molecular weight excluding hydrogens is 791 g/mol. The molecule has 5 unspecified atom stereocenters. The van der Waals surface area contributed by atoms with Gasteiger partial charge in [0, 0.05) is 57.6 Å². The van der Waals surface area contributed by atoms with Gasteiger partial charge >= 0.3 is 0 Å². The maximum absolute atomic E-state index is 13.8. The quantitative estimate of drug-likeness (QED) is 0.0780. The molecule has 0 radical (unpaired) electrons. The summed E-state index contributed by atoms with van der Waals surface area (Å²) in [6.07, 6.45) is 5.84. The zero-order valence-corrected chi connectivity index (χ0v) is 35.8. The molecule has 5 N–H and O–H groups in total. The number of nitrogens with one attached hydrogen (secondary N) is 3. The molecule has 2 saturated heterocycles. The summed E-state index contributed by atoms with van der Waals surface area (Å²) < 4.78 is 29.1. The summed E-state index contributed by atoms with van der Waals surface area (Å²) in [5, 5.41) is 32.8. The Kier molecular flexibility index (Phi) is 20.3. The number of aryl methyl sites for hydroxylation is 1. The third-order valence-electron chi connectivity index (χ3n) is 11.5. The average molecular weight is 858 g/mol. The lowest BCUT2D eigenvalue weighted by Gasteiger charge is -2.34. The first-order valence-corrected chi connectivity index (χ1v) is 21.9. The Labute approximate surface area is 358 Å². The van der Waals surface area contributed by atoms with Crippen LogP contribution in [0.1, 0.15) is 67.9 Å². The fraction of sp³-hybridized carbons (Fsp3) is 0.698. The third kappa shape index (κ3) is 15.7. The topological polar surface area (TPSA) is 215 Å². The van der Waals surface area contributed by atoms with Crippen molar-refractivity contribution in [3.63, 3.8) is 0 Å². The molecule has 5 atom stereocenters. The van der Waals surface area contributed by atoms with Gasteiger partial charge in [-0.2, -0.15) is 5.10 Å². The van der Waals surface area contributed by atoms with Gasteiger partial charge in [0.1, 0.15) is 36.6 Å². The molecule has 18 nitrogen and oxygen atoms in total. The SMILES string of the molecule is CCn1nccc1C(=O)NC(C(=O)Nc1ccc(CC(NC(=O)COCCOCCOCCOCC2OCCC(O)C2O)C(=O)N2CCN(C)CC2)cc1)C1CCCCCC1.